The summed E-state index contributed by atoms with van der Waals surface area (Å²) in [6, 6.07) is 12.1. The molecular formula is C26H32N4O5. The second-order valence-electron chi connectivity index (χ2n) is 7.98. The molecule has 0 aliphatic carbocycles. The molecule has 1 N–H and O–H groups in total. The molecule has 9 nitrogen and oxygen atoms in total. The maximum Gasteiger partial charge on any atom is 0.320 e. The van der Waals surface area contributed by atoms with Crippen LogP contribution in [0.5, 0.6) is 5.75 Å². The summed E-state index contributed by atoms with van der Waals surface area (Å²) in [5.74, 6) is -1.10. The van der Waals surface area contributed by atoms with E-state index in [1.165, 1.54) is 0 Å². The Morgan fingerprint density at radius 2 is 1.69 bits per heavy atom. The Morgan fingerprint density at radius 1 is 0.971 bits per heavy atom. The molecule has 3 aromatic rings. The normalized spacial score (nSPS) is 10.9. The van der Waals surface area contributed by atoms with Crippen molar-refractivity contribution in [3.05, 3.63) is 42.1 Å². The third kappa shape index (κ3) is 7.11. The number of unbranched alkanes of at least 4 members (excludes halogenated alkanes) is 2. The smallest absolute Gasteiger partial charge is 0.320 e. The highest BCUT2D eigenvalue weighted by Crippen LogP contribution is 2.27. The molecule has 0 radical (unpaired) electrons. The van der Waals surface area contributed by atoms with Gasteiger partial charge in [0, 0.05) is 5.56 Å². The number of carbonyl (C=O) groups excluding carboxylic acids is 2. The number of esters is 2. The molecule has 9 heteroatoms. The van der Waals surface area contributed by atoms with Crippen molar-refractivity contribution < 1.29 is 23.8 Å². The number of aliphatic imine (C=N–C) groups is 1. The fraction of sp³-hybridized carbons (Fsp3) is 0.423. The fourth-order valence-corrected chi connectivity index (χ4v) is 3.80. The second kappa shape index (κ2) is 13.2. The van der Waals surface area contributed by atoms with Gasteiger partial charge in [0.2, 0.25) is 0 Å². The summed E-state index contributed by atoms with van der Waals surface area (Å²) < 4.78 is 15.9. The number of aromatic amines is 1. The van der Waals surface area contributed by atoms with Crippen LogP contribution in [0.25, 0.3) is 22.0 Å². The van der Waals surface area contributed by atoms with Gasteiger partial charge < -0.3 is 14.2 Å². The van der Waals surface area contributed by atoms with E-state index < -0.39 is 17.9 Å². The maximum atomic E-state index is 12.0. The summed E-state index contributed by atoms with van der Waals surface area (Å²) in [4.78, 5) is 28.0. The number of hydrogen-bond donors (Lipinski definition) is 1. The number of benzene rings is 2. The van der Waals surface area contributed by atoms with E-state index in [0.717, 1.165) is 46.3 Å². The molecule has 0 atom stereocenters. The number of fused-ring (bicyclic) bond motifs is 1. The van der Waals surface area contributed by atoms with Crippen molar-refractivity contribution in [3.8, 4) is 17.0 Å². The Bertz CT molecular complexity index is 1130. The lowest BCUT2D eigenvalue weighted by Crippen LogP contribution is -2.28. The number of H-pyrrole nitrogens is 1. The van der Waals surface area contributed by atoms with Crippen LogP contribution in [0.2, 0.25) is 0 Å². The van der Waals surface area contributed by atoms with Crippen LogP contribution in [0.1, 0.15) is 45.2 Å². The summed E-state index contributed by atoms with van der Waals surface area (Å²) in [6.07, 6.45) is 2.75. The van der Waals surface area contributed by atoms with Gasteiger partial charge in [0.25, 0.3) is 0 Å². The first-order chi connectivity index (χ1) is 17.1. The molecule has 0 bridgehead atoms. The lowest BCUT2D eigenvalue weighted by molar-refractivity contribution is -0.161. The molecular weight excluding hydrogens is 448 g/mol. The molecule has 0 unspecified atom stereocenters. The fourth-order valence-electron chi connectivity index (χ4n) is 3.80. The van der Waals surface area contributed by atoms with Crippen LogP contribution in [0.3, 0.4) is 0 Å². The lowest BCUT2D eigenvalue weighted by Gasteiger charge is -2.14. The number of nitrogens with zero attached hydrogens (tertiary/aromatic N) is 3. The zero-order chi connectivity index (χ0) is 25.0. The molecule has 1 heterocycles. The molecule has 1 aromatic heterocycles. The molecule has 0 aliphatic rings. The van der Waals surface area contributed by atoms with E-state index in [4.69, 9.17) is 14.2 Å². The minimum absolute atomic E-state index is 0.240. The van der Waals surface area contributed by atoms with Crippen LogP contribution in [-0.2, 0) is 25.6 Å². The molecule has 186 valence electrons. The maximum absolute atomic E-state index is 12.0. The van der Waals surface area contributed by atoms with Crippen LogP contribution in [0.15, 0.2) is 41.4 Å². The SMILES string of the molecule is C=NCc1n[nH]nc1-c1ccc2cc(OCCCCCC(C(=O)OCC)C(=O)OCC)ccc2c1. The van der Waals surface area contributed by atoms with Crippen molar-refractivity contribution in [3.63, 3.8) is 0 Å². The topological polar surface area (TPSA) is 116 Å². The highest BCUT2D eigenvalue weighted by Gasteiger charge is 2.28. The Balaban J connectivity index is 1.49. The second-order valence-corrected chi connectivity index (χ2v) is 7.98. The van der Waals surface area contributed by atoms with E-state index in [-0.39, 0.29) is 13.2 Å². The third-order valence-electron chi connectivity index (χ3n) is 5.51. The van der Waals surface area contributed by atoms with Crippen molar-refractivity contribution in [2.24, 2.45) is 10.9 Å². The number of nitrogens with one attached hydrogen (secondary N) is 1. The van der Waals surface area contributed by atoms with Gasteiger partial charge in [0.15, 0.2) is 5.92 Å². The van der Waals surface area contributed by atoms with Gasteiger partial charge in [0.05, 0.1) is 26.4 Å². The van der Waals surface area contributed by atoms with E-state index >= 15 is 0 Å². The molecule has 0 aliphatic heterocycles. The standard InChI is InChI=1S/C26H32N4O5/c1-4-33-25(31)22(26(32)34-5-2)9-7-6-8-14-35-21-13-12-18-15-20(11-10-19(18)16-21)24-23(17-27-3)28-30-29-24/h10-13,15-16,22H,3-9,14,17H2,1-2H3,(H,28,29,30). The van der Waals surface area contributed by atoms with Gasteiger partial charge in [-0.15, -0.1) is 0 Å². The summed E-state index contributed by atoms with van der Waals surface area (Å²) in [5.41, 5.74) is 2.49. The highest BCUT2D eigenvalue weighted by molar-refractivity contribution is 5.94. The average molecular weight is 481 g/mol. The molecule has 0 amide bonds. The van der Waals surface area contributed by atoms with Crippen molar-refractivity contribution in [2.75, 3.05) is 19.8 Å². The first-order valence-electron chi connectivity index (χ1n) is 11.9. The number of ether oxygens (including phenoxy) is 3. The van der Waals surface area contributed by atoms with Crippen molar-refractivity contribution >= 4 is 29.4 Å². The average Bonchev–Trinajstić information content (AvgIpc) is 3.32. The Kier molecular flexibility index (Phi) is 9.77. The predicted molar refractivity (Wildman–Crippen MR) is 133 cm³/mol. The summed E-state index contributed by atoms with van der Waals surface area (Å²) >= 11 is 0. The van der Waals surface area contributed by atoms with E-state index in [9.17, 15) is 9.59 Å². The van der Waals surface area contributed by atoms with Crippen molar-refractivity contribution in [1.29, 1.82) is 0 Å². The molecule has 0 fully saturated rings. The van der Waals surface area contributed by atoms with Gasteiger partial charge in [0.1, 0.15) is 17.1 Å². The minimum atomic E-state index is -0.859. The molecule has 0 spiro atoms. The number of carbonyl (C=O) groups is 2. The van der Waals surface area contributed by atoms with Gasteiger partial charge >= 0.3 is 11.9 Å². The van der Waals surface area contributed by atoms with Gasteiger partial charge in [-0.1, -0.05) is 31.0 Å². The van der Waals surface area contributed by atoms with Crippen LogP contribution in [0.4, 0.5) is 0 Å². The van der Waals surface area contributed by atoms with Crippen molar-refractivity contribution in [1.82, 2.24) is 15.4 Å². The summed E-state index contributed by atoms with van der Waals surface area (Å²) in [5, 5.41) is 13.2. The van der Waals surface area contributed by atoms with E-state index in [2.05, 4.69) is 33.2 Å². The Hall–Kier alpha value is -3.75. The van der Waals surface area contributed by atoms with Crippen LogP contribution in [0, 0.1) is 5.92 Å². The largest absolute Gasteiger partial charge is 0.494 e. The molecule has 35 heavy (non-hydrogen) atoms. The molecule has 3 rings (SSSR count). The number of rotatable bonds is 14. The van der Waals surface area contributed by atoms with Gasteiger partial charge in [-0.25, -0.2) is 0 Å². The third-order valence-corrected chi connectivity index (χ3v) is 5.51. The molecule has 2 aromatic carbocycles. The van der Waals surface area contributed by atoms with Gasteiger partial charge in [-0.3, -0.25) is 14.6 Å². The van der Waals surface area contributed by atoms with E-state index in [0.29, 0.717) is 26.0 Å². The first kappa shape index (κ1) is 25.9. The zero-order valence-corrected chi connectivity index (χ0v) is 20.3. The Morgan fingerprint density at radius 3 is 2.40 bits per heavy atom. The van der Waals surface area contributed by atoms with Gasteiger partial charge in [-0.2, -0.15) is 15.4 Å². The Labute approximate surface area is 204 Å². The number of aromatic nitrogens is 3. The van der Waals surface area contributed by atoms with E-state index in [1.807, 2.05) is 30.3 Å². The highest BCUT2D eigenvalue weighted by atomic mass is 16.6. The summed E-state index contributed by atoms with van der Waals surface area (Å²) in [6.45, 7) is 8.39. The first-order valence-corrected chi connectivity index (χ1v) is 11.9. The van der Waals surface area contributed by atoms with Crippen molar-refractivity contribution in [2.45, 2.75) is 46.1 Å². The van der Waals surface area contributed by atoms with Gasteiger partial charge in [-0.05, 0) is 62.4 Å². The quantitative estimate of drug-likeness (QED) is 0.156. The minimum Gasteiger partial charge on any atom is -0.494 e. The monoisotopic (exact) mass is 480 g/mol. The zero-order valence-electron chi connectivity index (χ0n) is 20.3. The summed E-state index contributed by atoms with van der Waals surface area (Å²) in [7, 11) is 0. The lowest BCUT2D eigenvalue weighted by atomic mass is 10.0. The number of hydrogen-bond acceptors (Lipinski definition) is 8. The molecule has 0 saturated heterocycles. The predicted octanol–water partition coefficient (Wildman–Crippen LogP) is 4.51. The van der Waals surface area contributed by atoms with Crippen LogP contribution in [-0.4, -0.2) is 53.9 Å². The molecule has 0 saturated carbocycles. The van der Waals surface area contributed by atoms with E-state index in [1.54, 1.807) is 13.8 Å². The van der Waals surface area contributed by atoms with Crippen LogP contribution < -0.4 is 4.74 Å². The van der Waals surface area contributed by atoms with Crippen LogP contribution >= 0.6 is 0 Å².